The first kappa shape index (κ1) is 18.7. The summed E-state index contributed by atoms with van der Waals surface area (Å²) in [6.07, 6.45) is -3.00. The number of amides is 1. The summed E-state index contributed by atoms with van der Waals surface area (Å²) in [6.45, 7) is 1.04. The van der Waals surface area contributed by atoms with Crippen molar-refractivity contribution in [1.29, 1.82) is 0 Å². The molecule has 140 valence electrons. The summed E-state index contributed by atoms with van der Waals surface area (Å²) in [5, 5.41) is 1.27. The molecule has 0 fully saturated rings. The van der Waals surface area contributed by atoms with Crippen LogP contribution in [0.2, 0.25) is 0 Å². The number of hydrogen-bond donors (Lipinski definition) is 1. The van der Waals surface area contributed by atoms with Crippen LogP contribution in [0.25, 0.3) is 5.03 Å². The Labute approximate surface area is 154 Å². The third-order valence-corrected chi connectivity index (χ3v) is 6.48. The molecule has 0 unspecified atom stereocenters. The average Bonchev–Trinajstić information content (AvgIpc) is 3.12. The Kier molecular flexibility index (Phi) is 4.53. The normalized spacial score (nSPS) is 14.8. The van der Waals surface area contributed by atoms with Gasteiger partial charge in [0.25, 0.3) is 15.9 Å². The van der Waals surface area contributed by atoms with Crippen LogP contribution in [0.1, 0.15) is 21.9 Å². The van der Waals surface area contributed by atoms with E-state index in [0.717, 1.165) is 22.1 Å². The van der Waals surface area contributed by atoms with E-state index in [4.69, 9.17) is 11.6 Å². The second kappa shape index (κ2) is 6.28. The highest BCUT2D eigenvalue weighted by Crippen LogP contribution is 2.31. The van der Waals surface area contributed by atoms with Gasteiger partial charge in [-0.15, -0.1) is 11.3 Å². The van der Waals surface area contributed by atoms with E-state index in [0.29, 0.717) is 11.8 Å². The monoisotopic (exact) mass is 426 g/mol. The van der Waals surface area contributed by atoms with Gasteiger partial charge in [0.05, 0.1) is 5.03 Å². The lowest BCUT2D eigenvalue weighted by Gasteiger charge is -2.27. The average molecular weight is 427 g/mol. The van der Waals surface area contributed by atoms with Gasteiger partial charge in [-0.3, -0.25) is 9.69 Å². The second-order valence-corrected chi connectivity index (χ2v) is 8.58. The van der Waals surface area contributed by atoms with Crippen molar-refractivity contribution in [3.05, 3.63) is 40.9 Å². The number of aryl methyl sites for hydroxylation is 1. The molecule has 2 aromatic rings. The Hall–Kier alpha value is -2.05. The summed E-state index contributed by atoms with van der Waals surface area (Å²) < 4.78 is 65.6. The van der Waals surface area contributed by atoms with Gasteiger partial charge in [-0.1, -0.05) is 11.6 Å². The third-order valence-electron chi connectivity index (χ3n) is 3.32. The molecule has 0 spiro atoms. The van der Waals surface area contributed by atoms with Crippen LogP contribution in [0.4, 0.5) is 13.2 Å². The Morgan fingerprint density at radius 2 is 2.12 bits per heavy atom. The number of carbonyl (C=O) groups is 1. The van der Waals surface area contributed by atoms with Crippen LogP contribution >= 0.6 is 22.9 Å². The van der Waals surface area contributed by atoms with E-state index in [9.17, 15) is 26.4 Å². The number of aromatic nitrogens is 2. The third kappa shape index (κ3) is 3.57. The van der Waals surface area contributed by atoms with Crippen molar-refractivity contribution < 1.29 is 26.4 Å². The molecular formula is C13H10ClF3N4O3S2. The summed E-state index contributed by atoms with van der Waals surface area (Å²) in [6, 6.07) is 1.39. The zero-order valence-corrected chi connectivity index (χ0v) is 15.3. The number of thiophene rings is 1. The number of halogens is 4. The molecule has 3 rings (SSSR count). The highest BCUT2D eigenvalue weighted by Gasteiger charge is 2.38. The molecule has 1 aliphatic rings. The number of carbonyl (C=O) groups excluding carboxylic acids is 1. The molecule has 2 aromatic heterocycles. The molecule has 1 N–H and O–H groups in total. The molecule has 1 amide bonds. The Morgan fingerprint density at radius 3 is 2.69 bits per heavy atom. The number of imidazole rings is 1. The molecule has 7 nitrogen and oxygen atoms in total. The quantitative estimate of drug-likeness (QED) is 0.763. The Balaban J connectivity index is 1.84. The number of nitrogens with zero attached hydrogens (tertiary/aromatic N) is 3. The molecule has 3 heterocycles. The molecule has 0 saturated heterocycles. The van der Waals surface area contributed by atoms with Gasteiger partial charge < -0.3 is 4.57 Å². The Bertz CT molecular complexity index is 1010. The summed E-state index contributed by atoms with van der Waals surface area (Å²) in [5.41, 5.74) is 0.344. The van der Waals surface area contributed by atoms with Gasteiger partial charge in [-0.05, 0) is 23.9 Å². The van der Waals surface area contributed by atoms with Crippen molar-refractivity contribution >= 4 is 43.9 Å². The van der Waals surface area contributed by atoms with Crippen molar-refractivity contribution in [2.24, 2.45) is 0 Å². The second-order valence-electron chi connectivity index (χ2n) is 5.35. The Morgan fingerprint density at radius 1 is 1.42 bits per heavy atom. The molecule has 0 saturated carbocycles. The number of rotatable bonds is 3. The highest BCUT2D eigenvalue weighted by molar-refractivity contribution is 7.92. The number of nitrogens with one attached hydrogen (secondary N) is 1. The molecule has 0 bridgehead atoms. The fourth-order valence-corrected chi connectivity index (χ4v) is 4.61. The molecule has 13 heteroatoms. The zero-order chi connectivity index (χ0) is 19.3. The fraction of sp³-hybridized carbons (Fsp3) is 0.231. The van der Waals surface area contributed by atoms with E-state index in [2.05, 4.69) is 4.98 Å². The maximum absolute atomic E-state index is 12.8. The SMILES string of the molecule is Cc1csc(S(=O)(=O)NC(=O)c2cn3c(n2)C(Cl)=CN(C(F)(F)F)C3)c1. The number of alkyl halides is 3. The topological polar surface area (TPSA) is 84.3 Å². The van der Waals surface area contributed by atoms with Gasteiger partial charge in [-0.25, -0.2) is 18.1 Å². The van der Waals surface area contributed by atoms with Crippen LogP contribution in [0, 0.1) is 6.92 Å². The van der Waals surface area contributed by atoms with E-state index in [-0.39, 0.29) is 25.7 Å². The standard InChI is InChI=1S/C13H10ClF3N4O3S2/c1-7-2-10(25-5-7)26(23,24)19-12(22)9-4-20-6-21(13(15,16)17)3-8(14)11(20)18-9/h2-5H,6H2,1H3,(H,19,22). The van der Waals surface area contributed by atoms with E-state index in [1.165, 1.54) is 6.07 Å². The van der Waals surface area contributed by atoms with Gasteiger partial charge in [0.15, 0.2) is 5.82 Å². The molecule has 0 atom stereocenters. The van der Waals surface area contributed by atoms with Crippen molar-refractivity contribution in [1.82, 2.24) is 19.2 Å². The summed E-state index contributed by atoms with van der Waals surface area (Å²) in [5.74, 6) is -1.14. The predicted molar refractivity (Wildman–Crippen MR) is 87.7 cm³/mol. The minimum absolute atomic E-state index is 0.0108. The van der Waals surface area contributed by atoms with Crippen LogP contribution in [0.3, 0.4) is 0 Å². The lowest BCUT2D eigenvalue weighted by Crippen LogP contribution is -2.37. The lowest BCUT2D eigenvalue weighted by atomic mass is 10.4. The van der Waals surface area contributed by atoms with E-state index < -0.39 is 28.9 Å². The summed E-state index contributed by atoms with van der Waals surface area (Å²) >= 11 is 6.72. The fourth-order valence-electron chi connectivity index (χ4n) is 2.15. The van der Waals surface area contributed by atoms with Crippen LogP contribution in [-0.4, -0.2) is 35.1 Å². The number of fused-ring (bicyclic) bond motifs is 1. The van der Waals surface area contributed by atoms with E-state index >= 15 is 0 Å². The minimum Gasteiger partial charge on any atom is -0.311 e. The van der Waals surface area contributed by atoms with Crippen molar-refractivity contribution in [3.63, 3.8) is 0 Å². The van der Waals surface area contributed by atoms with Crippen LogP contribution in [-0.2, 0) is 16.7 Å². The first-order valence-corrected chi connectivity index (χ1v) is 9.62. The molecule has 0 aromatic carbocycles. The van der Waals surface area contributed by atoms with Gasteiger partial charge in [0, 0.05) is 12.4 Å². The largest absolute Gasteiger partial charge is 0.485 e. The van der Waals surface area contributed by atoms with Gasteiger partial charge in [0.1, 0.15) is 16.6 Å². The van der Waals surface area contributed by atoms with Gasteiger partial charge in [-0.2, -0.15) is 13.2 Å². The van der Waals surface area contributed by atoms with Crippen molar-refractivity contribution in [3.8, 4) is 0 Å². The first-order chi connectivity index (χ1) is 12.0. The molecule has 0 aliphatic carbocycles. The molecule has 0 radical (unpaired) electrons. The predicted octanol–water partition coefficient (Wildman–Crippen LogP) is 2.70. The smallest absolute Gasteiger partial charge is 0.311 e. The van der Waals surface area contributed by atoms with Crippen LogP contribution < -0.4 is 4.72 Å². The molecule has 26 heavy (non-hydrogen) atoms. The number of hydrogen-bond acceptors (Lipinski definition) is 6. The maximum atomic E-state index is 12.8. The number of sulfonamides is 1. The van der Waals surface area contributed by atoms with Crippen LogP contribution in [0.15, 0.2) is 28.1 Å². The molecular weight excluding hydrogens is 417 g/mol. The van der Waals surface area contributed by atoms with E-state index in [1.54, 1.807) is 12.3 Å². The first-order valence-electron chi connectivity index (χ1n) is 6.88. The van der Waals surface area contributed by atoms with Crippen molar-refractivity contribution in [2.45, 2.75) is 24.1 Å². The van der Waals surface area contributed by atoms with E-state index in [1.807, 2.05) is 4.72 Å². The maximum Gasteiger partial charge on any atom is 0.485 e. The highest BCUT2D eigenvalue weighted by atomic mass is 35.5. The minimum atomic E-state index is -4.66. The lowest BCUT2D eigenvalue weighted by molar-refractivity contribution is -0.237. The zero-order valence-electron chi connectivity index (χ0n) is 12.9. The summed E-state index contributed by atoms with van der Waals surface area (Å²) in [7, 11) is -4.10. The van der Waals surface area contributed by atoms with Crippen molar-refractivity contribution in [2.75, 3.05) is 0 Å². The molecule has 1 aliphatic heterocycles. The summed E-state index contributed by atoms with van der Waals surface area (Å²) in [4.78, 5) is 16.0. The van der Waals surface area contributed by atoms with Crippen LogP contribution in [0.5, 0.6) is 0 Å². The van der Waals surface area contributed by atoms with Gasteiger partial charge in [0.2, 0.25) is 0 Å². The van der Waals surface area contributed by atoms with Gasteiger partial charge >= 0.3 is 6.30 Å².